The lowest BCUT2D eigenvalue weighted by molar-refractivity contribution is -0.119. The summed E-state index contributed by atoms with van der Waals surface area (Å²) in [6.07, 6.45) is 2.34. The standard InChI is InChI=1S/C15H22N2O2/c1-11-6-12(2)8-13(7-11)16-10-15(18)17-9-14-4-3-5-19-14/h6-8,14,16H,3-5,9-10H2,1-2H3,(H,17,18). The molecule has 1 amide bonds. The van der Waals surface area contributed by atoms with Crippen LogP contribution in [0.5, 0.6) is 0 Å². The van der Waals surface area contributed by atoms with Crippen LogP contribution in [0.4, 0.5) is 5.69 Å². The minimum absolute atomic E-state index is 0.00894. The van der Waals surface area contributed by atoms with E-state index in [0.29, 0.717) is 13.1 Å². The molecule has 0 spiro atoms. The van der Waals surface area contributed by atoms with Gasteiger partial charge in [0, 0.05) is 18.8 Å². The van der Waals surface area contributed by atoms with Gasteiger partial charge in [0.25, 0.3) is 0 Å². The van der Waals surface area contributed by atoms with Gasteiger partial charge in [0.05, 0.1) is 12.6 Å². The largest absolute Gasteiger partial charge is 0.376 e. The smallest absolute Gasteiger partial charge is 0.239 e. The van der Waals surface area contributed by atoms with Gasteiger partial charge in [0.1, 0.15) is 0 Å². The predicted octanol–water partition coefficient (Wildman–Crippen LogP) is 2.01. The van der Waals surface area contributed by atoms with Crippen molar-refractivity contribution >= 4 is 11.6 Å². The van der Waals surface area contributed by atoms with E-state index in [1.165, 1.54) is 11.1 Å². The number of carbonyl (C=O) groups excluding carboxylic acids is 1. The summed E-state index contributed by atoms with van der Waals surface area (Å²) in [5.41, 5.74) is 3.38. The van der Waals surface area contributed by atoms with Crippen molar-refractivity contribution in [2.24, 2.45) is 0 Å². The summed E-state index contributed by atoms with van der Waals surface area (Å²) in [7, 11) is 0. The third-order valence-electron chi connectivity index (χ3n) is 3.23. The Morgan fingerprint density at radius 3 is 2.68 bits per heavy atom. The molecule has 19 heavy (non-hydrogen) atoms. The zero-order valence-corrected chi connectivity index (χ0v) is 11.7. The van der Waals surface area contributed by atoms with Crippen LogP contribution in [0.2, 0.25) is 0 Å². The average molecular weight is 262 g/mol. The zero-order chi connectivity index (χ0) is 13.7. The number of rotatable bonds is 5. The van der Waals surface area contributed by atoms with Crippen LogP contribution in [-0.4, -0.2) is 31.7 Å². The second kappa shape index (κ2) is 6.57. The lowest BCUT2D eigenvalue weighted by Gasteiger charge is -2.12. The predicted molar refractivity (Wildman–Crippen MR) is 76.4 cm³/mol. The Balaban J connectivity index is 1.73. The minimum atomic E-state index is 0.00894. The number of hydrogen-bond acceptors (Lipinski definition) is 3. The van der Waals surface area contributed by atoms with Crippen molar-refractivity contribution in [3.63, 3.8) is 0 Å². The van der Waals surface area contributed by atoms with Crippen LogP contribution in [-0.2, 0) is 9.53 Å². The van der Waals surface area contributed by atoms with Crippen molar-refractivity contribution in [2.45, 2.75) is 32.8 Å². The molecule has 0 aromatic heterocycles. The van der Waals surface area contributed by atoms with E-state index in [1.54, 1.807) is 0 Å². The molecule has 1 atom stereocenters. The molecule has 4 heteroatoms. The molecule has 0 aliphatic carbocycles. The first-order valence-corrected chi connectivity index (χ1v) is 6.84. The van der Waals surface area contributed by atoms with Crippen molar-refractivity contribution in [2.75, 3.05) is 25.0 Å². The fourth-order valence-corrected chi connectivity index (χ4v) is 2.35. The monoisotopic (exact) mass is 262 g/mol. The molecular weight excluding hydrogens is 240 g/mol. The van der Waals surface area contributed by atoms with Crippen LogP contribution in [0, 0.1) is 13.8 Å². The summed E-state index contributed by atoms with van der Waals surface area (Å²) < 4.78 is 5.46. The lowest BCUT2D eigenvalue weighted by atomic mass is 10.1. The Morgan fingerprint density at radius 1 is 1.32 bits per heavy atom. The average Bonchev–Trinajstić information content (AvgIpc) is 2.86. The highest BCUT2D eigenvalue weighted by atomic mass is 16.5. The summed E-state index contributed by atoms with van der Waals surface area (Å²) >= 11 is 0. The highest BCUT2D eigenvalue weighted by Gasteiger charge is 2.15. The molecule has 2 rings (SSSR count). The number of ether oxygens (including phenoxy) is 1. The van der Waals surface area contributed by atoms with Gasteiger partial charge in [-0.1, -0.05) is 6.07 Å². The van der Waals surface area contributed by atoms with E-state index < -0.39 is 0 Å². The van der Waals surface area contributed by atoms with E-state index in [9.17, 15) is 4.79 Å². The second-order valence-corrected chi connectivity index (χ2v) is 5.17. The maximum Gasteiger partial charge on any atom is 0.239 e. The van der Waals surface area contributed by atoms with Crippen LogP contribution in [0.3, 0.4) is 0 Å². The molecule has 0 radical (unpaired) electrons. The van der Waals surface area contributed by atoms with Gasteiger partial charge in [0.15, 0.2) is 0 Å². The van der Waals surface area contributed by atoms with Crippen LogP contribution in [0.25, 0.3) is 0 Å². The number of nitrogens with one attached hydrogen (secondary N) is 2. The number of amides is 1. The Bertz CT molecular complexity index is 420. The highest BCUT2D eigenvalue weighted by Crippen LogP contribution is 2.13. The fourth-order valence-electron chi connectivity index (χ4n) is 2.35. The number of carbonyl (C=O) groups is 1. The van der Waals surface area contributed by atoms with Gasteiger partial charge < -0.3 is 15.4 Å². The van der Waals surface area contributed by atoms with Crippen molar-refractivity contribution in [3.8, 4) is 0 Å². The topological polar surface area (TPSA) is 50.4 Å². The van der Waals surface area contributed by atoms with Crippen LogP contribution in [0.15, 0.2) is 18.2 Å². The van der Waals surface area contributed by atoms with Crippen molar-refractivity contribution in [3.05, 3.63) is 29.3 Å². The van der Waals surface area contributed by atoms with Gasteiger partial charge in [0.2, 0.25) is 5.91 Å². The summed E-state index contributed by atoms with van der Waals surface area (Å²) in [4.78, 5) is 11.7. The van der Waals surface area contributed by atoms with Crippen LogP contribution < -0.4 is 10.6 Å². The van der Waals surface area contributed by atoms with Crippen molar-refractivity contribution < 1.29 is 9.53 Å². The SMILES string of the molecule is Cc1cc(C)cc(NCC(=O)NCC2CCCO2)c1. The molecule has 104 valence electrons. The highest BCUT2D eigenvalue weighted by molar-refractivity contribution is 5.80. The maximum absolute atomic E-state index is 11.7. The summed E-state index contributed by atoms with van der Waals surface area (Å²) in [6, 6.07) is 6.20. The van der Waals surface area contributed by atoms with Gasteiger partial charge in [-0.2, -0.15) is 0 Å². The van der Waals surface area contributed by atoms with Crippen LogP contribution >= 0.6 is 0 Å². The number of aryl methyl sites for hydroxylation is 2. The van der Waals surface area contributed by atoms with Gasteiger partial charge in [-0.15, -0.1) is 0 Å². The molecule has 1 heterocycles. The third kappa shape index (κ3) is 4.56. The maximum atomic E-state index is 11.7. The molecular formula is C15H22N2O2. The quantitative estimate of drug-likeness (QED) is 0.853. The zero-order valence-electron chi connectivity index (χ0n) is 11.7. The van der Waals surface area contributed by atoms with Gasteiger partial charge >= 0.3 is 0 Å². The van der Waals surface area contributed by atoms with Crippen molar-refractivity contribution in [1.29, 1.82) is 0 Å². The molecule has 1 saturated heterocycles. The fraction of sp³-hybridized carbons (Fsp3) is 0.533. The number of hydrogen-bond donors (Lipinski definition) is 2. The second-order valence-electron chi connectivity index (χ2n) is 5.17. The first-order valence-electron chi connectivity index (χ1n) is 6.84. The molecule has 1 aromatic rings. The van der Waals surface area contributed by atoms with E-state index in [1.807, 2.05) is 12.1 Å². The molecule has 1 unspecified atom stereocenters. The van der Waals surface area contributed by atoms with Gasteiger partial charge in [-0.05, 0) is 49.9 Å². The molecule has 4 nitrogen and oxygen atoms in total. The summed E-state index contributed by atoms with van der Waals surface area (Å²) in [6.45, 7) is 5.84. The van der Waals surface area contributed by atoms with Crippen LogP contribution in [0.1, 0.15) is 24.0 Å². The van der Waals surface area contributed by atoms with E-state index in [2.05, 4.69) is 30.5 Å². The molecule has 1 aromatic carbocycles. The Hall–Kier alpha value is -1.55. The number of anilines is 1. The minimum Gasteiger partial charge on any atom is -0.376 e. The Morgan fingerprint density at radius 2 is 2.05 bits per heavy atom. The van der Waals surface area contributed by atoms with E-state index in [0.717, 1.165) is 25.1 Å². The van der Waals surface area contributed by atoms with E-state index in [4.69, 9.17) is 4.74 Å². The summed E-state index contributed by atoms with van der Waals surface area (Å²) in [5.74, 6) is 0.00894. The van der Waals surface area contributed by atoms with E-state index >= 15 is 0 Å². The molecule has 1 fully saturated rings. The molecule has 1 aliphatic rings. The number of benzene rings is 1. The summed E-state index contributed by atoms with van der Waals surface area (Å²) in [5, 5.41) is 6.05. The molecule has 1 aliphatic heterocycles. The Labute approximate surface area is 114 Å². The first-order chi connectivity index (χ1) is 9.13. The van der Waals surface area contributed by atoms with E-state index in [-0.39, 0.29) is 12.0 Å². The molecule has 2 N–H and O–H groups in total. The van der Waals surface area contributed by atoms with Gasteiger partial charge in [-0.25, -0.2) is 0 Å². The molecule has 0 saturated carbocycles. The lowest BCUT2D eigenvalue weighted by Crippen LogP contribution is -2.35. The van der Waals surface area contributed by atoms with Gasteiger partial charge in [-0.3, -0.25) is 4.79 Å². The third-order valence-corrected chi connectivity index (χ3v) is 3.23. The normalized spacial score (nSPS) is 18.3. The Kier molecular flexibility index (Phi) is 4.80. The first kappa shape index (κ1) is 13.9. The molecule has 0 bridgehead atoms. The van der Waals surface area contributed by atoms with Crippen molar-refractivity contribution in [1.82, 2.24) is 5.32 Å².